The molecule has 0 saturated carbocycles. The third kappa shape index (κ3) is 2.51. The molecule has 1 heterocycles. The van der Waals surface area contributed by atoms with Crippen molar-refractivity contribution in [2.24, 2.45) is 0 Å². The Morgan fingerprint density at radius 3 is 2.95 bits per heavy atom. The van der Waals surface area contributed by atoms with Gasteiger partial charge in [0.05, 0.1) is 10.5 Å². The number of aryl methyl sites for hydroxylation is 1. The van der Waals surface area contributed by atoms with Gasteiger partial charge >= 0.3 is 0 Å². The molecule has 1 N–H and O–H groups in total. The standard InChI is InChI=1S/C15H13BrFNS/c1-9-6-11(16)12(17)7-13(9)18-14-8-19-15-5-3-2-4-10(14)15/h2-7,14,18H,8H2,1H3. The maximum absolute atomic E-state index is 13.6. The molecule has 0 amide bonds. The van der Waals surface area contributed by atoms with Gasteiger partial charge in [-0.25, -0.2) is 4.39 Å². The SMILES string of the molecule is Cc1cc(Br)c(F)cc1NC1CSc2ccccc21. The van der Waals surface area contributed by atoms with E-state index in [1.54, 1.807) is 6.07 Å². The molecule has 0 radical (unpaired) electrons. The number of hydrogen-bond donors (Lipinski definition) is 1. The molecule has 19 heavy (non-hydrogen) atoms. The third-order valence-electron chi connectivity index (χ3n) is 3.30. The second-order valence-corrected chi connectivity index (χ2v) is 6.54. The molecule has 1 aliphatic rings. The molecule has 98 valence electrons. The smallest absolute Gasteiger partial charge is 0.139 e. The van der Waals surface area contributed by atoms with Crippen molar-refractivity contribution in [2.75, 3.05) is 11.1 Å². The molecule has 1 aliphatic heterocycles. The number of nitrogens with one attached hydrogen (secondary N) is 1. The second kappa shape index (κ2) is 5.17. The van der Waals surface area contributed by atoms with E-state index >= 15 is 0 Å². The lowest BCUT2D eigenvalue weighted by Crippen LogP contribution is -2.11. The summed E-state index contributed by atoms with van der Waals surface area (Å²) in [6.07, 6.45) is 0. The van der Waals surface area contributed by atoms with Crippen LogP contribution in [0, 0.1) is 12.7 Å². The number of thioether (sulfide) groups is 1. The lowest BCUT2D eigenvalue weighted by Gasteiger charge is -2.17. The van der Waals surface area contributed by atoms with Gasteiger partial charge in [-0.1, -0.05) is 18.2 Å². The summed E-state index contributed by atoms with van der Waals surface area (Å²) in [5.74, 6) is 0.753. The minimum Gasteiger partial charge on any atom is -0.377 e. The minimum absolute atomic E-state index is 0.230. The Balaban J connectivity index is 1.89. The predicted molar refractivity (Wildman–Crippen MR) is 82.4 cm³/mol. The molecule has 2 aromatic carbocycles. The van der Waals surface area contributed by atoms with Crippen LogP contribution in [0.25, 0.3) is 0 Å². The van der Waals surface area contributed by atoms with Crippen molar-refractivity contribution in [3.05, 3.63) is 57.8 Å². The van der Waals surface area contributed by atoms with E-state index in [1.165, 1.54) is 10.5 Å². The topological polar surface area (TPSA) is 12.0 Å². The van der Waals surface area contributed by atoms with Crippen molar-refractivity contribution in [2.45, 2.75) is 17.9 Å². The van der Waals surface area contributed by atoms with Gasteiger partial charge in [0.1, 0.15) is 5.82 Å². The van der Waals surface area contributed by atoms with Crippen LogP contribution >= 0.6 is 27.7 Å². The van der Waals surface area contributed by atoms with Crippen LogP contribution in [0.5, 0.6) is 0 Å². The van der Waals surface area contributed by atoms with Gasteiger partial charge in [-0.2, -0.15) is 0 Å². The van der Waals surface area contributed by atoms with Crippen LogP contribution in [-0.4, -0.2) is 5.75 Å². The molecule has 0 aliphatic carbocycles. The van der Waals surface area contributed by atoms with Crippen molar-refractivity contribution in [3.8, 4) is 0 Å². The monoisotopic (exact) mass is 337 g/mol. The highest BCUT2D eigenvalue weighted by Crippen LogP contribution is 2.40. The van der Waals surface area contributed by atoms with Crippen LogP contribution in [0.3, 0.4) is 0 Å². The van der Waals surface area contributed by atoms with Gasteiger partial charge in [0.25, 0.3) is 0 Å². The highest BCUT2D eigenvalue weighted by atomic mass is 79.9. The maximum atomic E-state index is 13.6. The lowest BCUT2D eigenvalue weighted by molar-refractivity contribution is 0.620. The molecule has 3 rings (SSSR count). The van der Waals surface area contributed by atoms with E-state index in [-0.39, 0.29) is 11.9 Å². The first-order valence-electron chi connectivity index (χ1n) is 6.09. The van der Waals surface area contributed by atoms with Crippen LogP contribution < -0.4 is 5.32 Å². The Kier molecular flexibility index (Phi) is 3.54. The first kappa shape index (κ1) is 13.0. The molecule has 1 atom stereocenters. The summed E-state index contributed by atoms with van der Waals surface area (Å²) in [4.78, 5) is 1.32. The molecule has 0 saturated heterocycles. The number of benzene rings is 2. The summed E-state index contributed by atoms with van der Waals surface area (Å²) < 4.78 is 14.1. The predicted octanol–water partition coefficient (Wildman–Crippen LogP) is 5.16. The molecule has 4 heteroatoms. The van der Waals surface area contributed by atoms with E-state index < -0.39 is 0 Å². The van der Waals surface area contributed by atoms with Crippen LogP contribution in [0.1, 0.15) is 17.2 Å². The molecular formula is C15H13BrFNS. The summed E-state index contributed by atoms with van der Waals surface area (Å²) in [5.41, 5.74) is 3.21. The fourth-order valence-electron chi connectivity index (χ4n) is 2.27. The van der Waals surface area contributed by atoms with E-state index in [1.807, 2.05) is 24.8 Å². The van der Waals surface area contributed by atoms with E-state index in [0.717, 1.165) is 17.0 Å². The average Bonchev–Trinajstić information content (AvgIpc) is 2.80. The van der Waals surface area contributed by atoms with Gasteiger partial charge < -0.3 is 5.32 Å². The highest BCUT2D eigenvalue weighted by molar-refractivity contribution is 9.10. The molecular weight excluding hydrogens is 325 g/mol. The van der Waals surface area contributed by atoms with Crippen molar-refractivity contribution in [1.82, 2.24) is 0 Å². The van der Waals surface area contributed by atoms with Gasteiger partial charge in [0.2, 0.25) is 0 Å². The number of fused-ring (bicyclic) bond motifs is 1. The number of halogens is 2. The van der Waals surface area contributed by atoms with Gasteiger partial charge in [-0.05, 0) is 52.2 Å². The van der Waals surface area contributed by atoms with Crippen LogP contribution in [0.4, 0.5) is 10.1 Å². The lowest BCUT2D eigenvalue weighted by atomic mass is 10.1. The van der Waals surface area contributed by atoms with Crippen molar-refractivity contribution in [1.29, 1.82) is 0 Å². The van der Waals surface area contributed by atoms with Gasteiger partial charge in [-0.15, -0.1) is 11.8 Å². The van der Waals surface area contributed by atoms with Crippen molar-refractivity contribution in [3.63, 3.8) is 0 Å². The van der Waals surface area contributed by atoms with Crippen LogP contribution in [0.2, 0.25) is 0 Å². The van der Waals surface area contributed by atoms with Crippen molar-refractivity contribution >= 4 is 33.4 Å². The Morgan fingerprint density at radius 2 is 2.11 bits per heavy atom. The average molecular weight is 338 g/mol. The van der Waals surface area contributed by atoms with E-state index in [4.69, 9.17) is 0 Å². The zero-order chi connectivity index (χ0) is 13.4. The fourth-order valence-corrected chi connectivity index (χ4v) is 3.89. The Bertz CT molecular complexity index is 630. The molecule has 0 bridgehead atoms. The summed E-state index contributed by atoms with van der Waals surface area (Å²) in [6, 6.07) is 12.0. The van der Waals surface area contributed by atoms with Crippen LogP contribution in [0.15, 0.2) is 45.8 Å². The van der Waals surface area contributed by atoms with E-state index in [9.17, 15) is 4.39 Å². The highest BCUT2D eigenvalue weighted by Gasteiger charge is 2.23. The van der Waals surface area contributed by atoms with E-state index in [0.29, 0.717) is 4.47 Å². The quantitative estimate of drug-likeness (QED) is 0.812. The number of rotatable bonds is 2. The zero-order valence-corrected chi connectivity index (χ0v) is 12.8. The number of hydrogen-bond acceptors (Lipinski definition) is 2. The molecule has 0 fully saturated rings. The zero-order valence-electron chi connectivity index (χ0n) is 10.4. The fraction of sp³-hybridized carbons (Fsp3) is 0.200. The molecule has 0 spiro atoms. The summed E-state index contributed by atoms with van der Waals surface area (Å²) >= 11 is 5.05. The first-order valence-corrected chi connectivity index (χ1v) is 7.87. The second-order valence-electron chi connectivity index (χ2n) is 4.63. The Morgan fingerprint density at radius 1 is 1.32 bits per heavy atom. The summed E-state index contributed by atoms with van der Waals surface area (Å²) in [6.45, 7) is 1.99. The van der Waals surface area contributed by atoms with Gasteiger partial charge in [-0.3, -0.25) is 0 Å². The molecule has 1 nitrogen and oxygen atoms in total. The summed E-state index contributed by atoms with van der Waals surface area (Å²) in [7, 11) is 0. The number of anilines is 1. The Labute approximate surface area is 124 Å². The molecule has 2 aromatic rings. The van der Waals surface area contributed by atoms with Crippen molar-refractivity contribution < 1.29 is 4.39 Å². The van der Waals surface area contributed by atoms with Gasteiger partial charge in [0, 0.05) is 16.3 Å². The normalized spacial score (nSPS) is 17.3. The maximum Gasteiger partial charge on any atom is 0.139 e. The third-order valence-corrected chi connectivity index (χ3v) is 5.09. The molecule has 0 aromatic heterocycles. The van der Waals surface area contributed by atoms with E-state index in [2.05, 4.69) is 45.5 Å². The largest absolute Gasteiger partial charge is 0.377 e. The first-order chi connectivity index (χ1) is 9.15. The summed E-state index contributed by atoms with van der Waals surface area (Å²) in [5, 5.41) is 3.45. The van der Waals surface area contributed by atoms with Gasteiger partial charge in [0.15, 0.2) is 0 Å². The Hall–Kier alpha value is -1.00. The molecule has 1 unspecified atom stereocenters. The minimum atomic E-state index is -0.230. The van der Waals surface area contributed by atoms with Crippen LogP contribution in [-0.2, 0) is 0 Å².